The summed E-state index contributed by atoms with van der Waals surface area (Å²) in [4.78, 5) is 38.8. The molecule has 1 aromatic heterocycles. The van der Waals surface area contributed by atoms with Crippen molar-refractivity contribution >= 4 is 29.2 Å². The SMILES string of the molecule is CCOC(=O)C(NC(=O)c1cscn1)C(=O)OCC. The van der Waals surface area contributed by atoms with Crippen molar-refractivity contribution in [2.24, 2.45) is 0 Å². The number of amides is 1. The number of nitrogens with one attached hydrogen (secondary N) is 1. The van der Waals surface area contributed by atoms with E-state index in [2.05, 4.69) is 10.3 Å². The lowest BCUT2D eigenvalue weighted by molar-refractivity contribution is -0.157. The molecule has 1 heterocycles. The number of rotatable bonds is 6. The number of ether oxygens (including phenoxy) is 2. The molecule has 0 radical (unpaired) electrons. The molecule has 104 valence electrons. The van der Waals surface area contributed by atoms with E-state index in [9.17, 15) is 14.4 Å². The summed E-state index contributed by atoms with van der Waals surface area (Å²) >= 11 is 1.23. The molecule has 0 saturated heterocycles. The first kappa shape index (κ1) is 15.1. The number of hydrogen-bond donors (Lipinski definition) is 1. The van der Waals surface area contributed by atoms with Gasteiger partial charge in [0.2, 0.25) is 6.04 Å². The minimum Gasteiger partial charge on any atom is -0.464 e. The van der Waals surface area contributed by atoms with Crippen LogP contribution in [0.1, 0.15) is 24.3 Å². The molecule has 0 fully saturated rings. The normalized spacial score (nSPS) is 10.1. The molecule has 0 spiro atoms. The third-order valence-corrected chi connectivity index (χ3v) is 2.57. The highest BCUT2D eigenvalue weighted by Gasteiger charge is 2.31. The predicted molar refractivity (Wildman–Crippen MR) is 66.6 cm³/mol. The first-order chi connectivity index (χ1) is 9.10. The summed E-state index contributed by atoms with van der Waals surface area (Å²) in [5.74, 6) is -2.35. The second-order valence-corrected chi connectivity index (χ2v) is 4.00. The van der Waals surface area contributed by atoms with Crippen LogP contribution in [0, 0.1) is 0 Å². The Bertz CT molecular complexity index is 428. The summed E-state index contributed by atoms with van der Waals surface area (Å²) in [6.45, 7) is 3.40. The fourth-order valence-corrected chi connectivity index (χ4v) is 1.73. The van der Waals surface area contributed by atoms with Gasteiger partial charge in [0.15, 0.2) is 0 Å². The topological polar surface area (TPSA) is 94.6 Å². The summed E-state index contributed by atoms with van der Waals surface area (Å²) in [6.07, 6.45) is 0. The second kappa shape index (κ2) is 7.47. The van der Waals surface area contributed by atoms with Gasteiger partial charge in [0.05, 0.1) is 18.7 Å². The van der Waals surface area contributed by atoms with E-state index in [0.717, 1.165) is 0 Å². The molecule has 19 heavy (non-hydrogen) atoms. The van der Waals surface area contributed by atoms with Crippen LogP contribution in [0.4, 0.5) is 0 Å². The zero-order valence-electron chi connectivity index (χ0n) is 10.5. The van der Waals surface area contributed by atoms with Gasteiger partial charge in [-0.1, -0.05) is 0 Å². The summed E-state index contributed by atoms with van der Waals surface area (Å²) < 4.78 is 9.43. The number of esters is 2. The molecule has 7 nitrogen and oxygen atoms in total. The largest absolute Gasteiger partial charge is 0.464 e. The molecule has 0 saturated carbocycles. The van der Waals surface area contributed by atoms with Crippen LogP contribution in [0.5, 0.6) is 0 Å². The average Bonchev–Trinajstić information content (AvgIpc) is 2.90. The van der Waals surface area contributed by atoms with Gasteiger partial charge >= 0.3 is 11.9 Å². The maximum Gasteiger partial charge on any atom is 0.340 e. The Hall–Kier alpha value is -1.96. The van der Waals surface area contributed by atoms with Gasteiger partial charge in [-0.3, -0.25) is 4.79 Å². The molecule has 0 aliphatic carbocycles. The van der Waals surface area contributed by atoms with Crippen molar-refractivity contribution in [1.82, 2.24) is 10.3 Å². The Morgan fingerprint density at radius 3 is 2.26 bits per heavy atom. The molecule has 1 rings (SSSR count). The van der Waals surface area contributed by atoms with Crippen LogP contribution in [-0.2, 0) is 19.1 Å². The zero-order chi connectivity index (χ0) is 14.3. The molecule has 0 atom stereocenters. The number of nitrogens with zero attached hydrogens (tertiary/aromatic N) is 1. The van der Waals surface area contributed by atoms with E-state index in [-0.39, 0.29) is 18.9 Å². The Morgan fingerprint density at radius 2 is 1.84 bits per heavy atom. The molecule has 1 aromatic rings. The van der Waals surface area contributed by atoms with E-state index >= 15 is 0 Å². The maximum atomic E-state index is 11.8. The molecule has 1 amide bonds. The summed E-state index contributed by atoms with van der Waals surface area (Å²) in [7, 11) is 0. The Morgan fingerprint density at radius 1 is 1.26 bits per heavy atom. The third-order valence-electron chi connectivity index (χ3n) is 1.98. The van der Waals surface area contributed by atoms with Crippen molar-refractivity contribution in [2.75, 3.05) is 13.2 Å². The summed E-state index contributed by atoms with van der Waals surface area (Å²) in [6, 6.07) is -1.48. The van der Waals surface area contributed by atoms with Crippen molar-refractivity contribution < 1.29 is 23.9 Å². The number of thiazole rings is 1. The van der Waals surface area contributed by atoms with Crippen molar-refractivity contribution in [3.63, 3.8) is 0 Å². The van der Waals surface area contributed by atoms with E-state index in [1.54, 1.807) is 13.8 Å². The van der Waals surface area contributed by atoms with Crippen LogP contribution in [0.25, 0.3) is 0 Å². The zero-order valence-corrected chi connectivity index (χ0v) is 11.4. The lowest BCUT2D eigenvalue weighted by Gasteiger charge is -2.15. The standard InChI is InChI=1S/C11H14N2O5S/c1-3-17-10(15)8(11(16)18-4-2)13-9(14)7-5-19-6-12-7/h5-6,8H,3-4H2,1-2H3,(H,13,14). The van der Waals surface area contributed by atoms with Gasteiger partial charge in [-0.05, 0) is 13.8 Å². The Balaban J connectivity index is 2.76. The van der Waals surface area contributed by atoms with Gasteiger partial charge < -0.3 is 14.8 Å². The predicted octanol–water partition coefficient (Wildman–Crippen LogP) is 0.368. The highest BCUT2D eigenvalue weighted by Crippen LogP contribution is 2.02. The van der Waals surface area contributed by atoms with Gasteiger partial charge in [0.1, 0.15) is 5.69 Å². The van der Waals surface area contributed by atoms with Crippen LogP contribution in [0.3, 0.4) is 0 Å². The number of aromatic nitrogens is 1. The lowest BCUT2D eigenvalue weighted by atomic mass is 10.3. The van der Waals surface area contributed by atoms with Crippen LogP contribution in [0.2, 0.25) is 0 Å². The van der Waals surface area contributed by atoms with Crippen molar-refractivity contribution in [2.45, 2.75) is 19.9 Å². The number of carbonyl (C=O) groups excluding carboxylic acids is 3. The highest BCUT2D eigenvalue weighted by molar-refractivity contribution is 7.07. The first-order valence-electron chi connectivity index (χ1n) is 5.62. The first-order valence-corrected chi connectivity index (χ1v) is 6.56. The minimum absolute atomic E-state index is 0.0985. The van der Waals surface area contributed by atoms with Crippen molar-refractivity contribution in [1.29, 1.82) is 0 Å². The molecule has 0 bridgehead atoms. The number of hydrogen-bond acceptors (Lipinski definition) is 7. The molecule has 0 unspecified atom stereocenters. The smallest absolute Gasteiger partial charge is 0.340 e. The van der Waals surface area contributed by atoms with Crippen LogP contribution in [-0.4, -0.2) is 42.1 Å². The van der Waals surface area contributed by atoms with Gasteiger partial charge in [-0.25, -0.2) is 14.6 Å². The summed E-state index contributed by atoms with van der Waals surface area (Å²) in [5.41, 5.74) is 1.60. The van der Waals surface area contributed by atoms with E-state index in [1.165, 1.54) is 22.2 Å². The quantitative estimate of drug-likeness (QED) is 0.599. The van der Waals surface area contributed by atoms with Crippen LogP contribution < -0.4 is 5.32 Å². The van der Waals surface area contributed by atoms with Gasteiger partial charge in [0, 0.05) is 5.38 Å². The molecule has 0 aliphatic rings. The van der Waals surface area contributed by atoms with Gasteiger partial charge in [0.25, 0.3) is 5.91 Å². The lowest BCUT2D eigenvalue weighted by Crippen LogP contribution is -2.48. The highest BCUT2D eigenvalue weighted by atomic mass is 32.1. The van der Waals surface area contributed by atoms with E-state index in [1.807, 2.05) is 0 Å². The average molecular weight is 286 g/mol. The monoisotopic (exact) mass is 286 g/mol. The van der Waals surface area contributed by atoms with E-state index in [0.29, 0.717) is 0 Å². The fraction of sp³-hybridized carbons (Fsp3) is 0.455. The Kier molecular flexibility index (Phi) is 5.94. The fourth-order valence-electron chi connectivity index (χ4n) is 1.19. The molecule has 0 aromatic carbocycles. The van der Waals surface area contributed by atoms with Gasteiger partial charge in [-0.2, -0.15) is 0 Å². The van der Waals surface area contributed by atoms with Crippen molar-refractivity contribution in [3.8, 4) is 0 Å². The van der Waals surface area contributed by atoms with Gasteiger partial charge in [-0.15, -0.1) is 11.3 Å². The van der Waals surface area contributed by atoms with Crippen LogP contribution >= 0.6 is 11.3 Å². The molecular weight excluding hydrogens is 272 g/mol. The van der Waals surface area contributed by atoms with E-state index < -0.39 is 23.9 Å². The molecule has 8 heteroatoms. The van der Waals surface area contributed by atoms with Crippen molar-refractivity contribution in [3.05, 3.63) is 16.6 Å². The minimum atomic E-state index is -1.48. The van der Waals surface area contributed by atoms with Crippen LogP contribution in [0.15, 0.2) is 10.9 Å². The molecule has 1 N–H and O–H groups in total. The third kappa shape index (κ3) is 4.32. The summed E-state index contributed by atoms with van der Waals surface area (Å²) in [5, 5.41) is 3.75. The number of carbonyl (C=O) groups is 3. The second-order valence-electron chi connectivity index (χ2n) is 3.28. The maximum absolute atomic E-state index is 11.8. The molecule has 0 aliphatic heterocycles. The van der Waals surface area contributed by atoms with E-state index in [4.69, 9.17) is 9.47 Å². The molecular formula is C11H14N2O5S. The Labute approximate surface area is 113 Å².